The zero-order valence-electron chi connectivity index (χ0n) is 13.6. The molecule has 1 atom stereocenters. The molecule has 1 heterocycles. The van der Waals surface area contributed by atoms with Gasteiger partial charge in [0.25, 0.3) is 0 Å². The van der Waals surface area contributed by atoms with Crippen LogP contribution in [0.15, 0.2) is 12.1 Å². The molecule has 5 heteroatoms. The van der Waals surface area contributed by atoms with E-state index >= 15 is 0 Å². The fourth-order valence-corrected chi connectivity index (χ4v) is 2.66. The van der Waals surface area contributed by atoms with Crippen LogP contribution >= 0.6 is 0 Å². The number of rotatable bonds is 7. The monoisotopic (exact) mass is 294 g/mol. The van der Waals surface area contributed by atoms with E-state index in [0.29, 0.717) is 17.7 Å². The Labute approximate surface area is 127 Å². The Morgan fingerprint density at radius 3 is 2.67 bits per heavy atom. The highest BCUT2D eigenvalue weighted by atomic mass is 16.7. The first-order valence-corrected chi connectivity index (χ1v) is 7.36. The van der Waals surface area contributed by atoms with Crippen molar-refractivity contribution in [3.63, 3.8) is 0 Å². The van der Waals surface area contributed by atoms with Crippen molar-refractivity contribution in [3.8, 4) is 17.2 Å². The number of likely N-dealkylation sites (N-methyl/N-ethyl adjacent to an activating group) is 1. The fraction of sp³-hybridized carbons (Fsp3) is 0.625. The normalized spacial score (nSPS) is 14.8. The summed E-state index contributed by atoms with van der Waals surface area (Å²) in [4.78, 5) is 2.26. The number of fused-ring (bicyclic) bond motifs is 1. The molecule has 1 aromatic carbocycles. The predicted molar refractivity (Wildman–Crippen MR) is 83.1 cm³/mol. The van der Waals surface area contributed by atoms with Gasteiger partial charge >= 0.3 is 0 Å². The van der Waals surface area contributed by atoms with Crippen LogP contribution in [-0.4, -0.2) is 45.5 Å². The molecule has 1 N–H and O–H groups in total. The van der Waals surface area contributed by atoms with Gasteiger partial charge in [0.2, 0.25) is 12.5 Å². The molecule has 0 radical (unpaired) electrons. The number of nitrogens with zero attached hydrogens (tertiary/aromatic N) is 1. The highest BCUT2D eigenvalue weighted by Crippen LogP contribution is 2.41. The van der Waals surface area contributed by atoms with E-state index in [1.807, 2.05) is 12.1 Å². The highest BCUT2D eigenvalue weighted by molar-refractivity contribution is 5.55. The second-order valence-corrected chi connectivity index (χ2v) is 5.94. The van der Waals surface area contributed by atoms with Gasteiger partial charge in [-0.3, -0.25) is 0 Å². The summed E-state index contributed by atoms with van der Waals surface area (Å²) in [6, 6.07) is 4.53. The zero-order valence-corrected chi connectivity index (χ0v) is 13.6. The number of ether oxygens (including phenoxy) is 3. The lowest BCUT2D eigenvalue weighted by molar-refractivity contribution is 0.171. The van der Waals surface area contributed by atoms with Crippen molar-refractivity contribution in [2.45, 2.75) is 26.4 Å². The van der Waals surface area contributed by atoms with Gasteiger partial charge in [0.1, 0.15) is 0 Å². The molecule has 0 aromatic heterocycles. The molecular formula is C16H26N2O3. The topological polar surface area (TPSA) is 43.0 Å². The van der Waals surface area contributed by atoms with Crippen LogP contribution in [0.3, 0.4) is 0 Å². The van der Waals surface area contributed by atoms with Crippen molar-refractivity contribution in [1.29, 1.82) is 0 Å². The van der Waals surface area contributed by atoms with Crippen LogP contribution in [0.2, 0.25) is 0 Å². The van der Waals surface area contributed by atoms with E-state index in [9.17, 15) is 0 Å². The maximum absolute atomic E-state index is 5.45. The Morgan fingerprint density at radius 1 is 1.29 bits per heavy atom. The number of benzene rings is 1. The molecule has 0 fully saturated rings. The Balaban J connectivity index is 1.98. The number of methoxy groups -OCH3 is 1. The van der Waals surface area contributed by atoms with E-state index < -0.39 is 0 Å². The molecule has 5 nitrogen and oxygen atoms in total. The van der Waals surface area contributed by atoms with Crippen LogP contribution in [0, 0.1) is 5.92 Å². The molecule has 0 bridgehead atoms. The van der Waals surface area contributed by atoms with Crippen molar-refractivity contribution in [1.82, 2.24) is 10.2 Å². The van der Waals surface area contributed by atoms with Crippen molar-refractivity contribution in [3.05, 3.63) is 17.7 Å². The first-order valence-electron chi connectivity index (χ1n) is 7.36. The van der Waals surface area contributed by atoms with Gasteiger partial charge in [0.15, 0.2) is 11.5 Å². The minimum absolute atomic E-state index is 0.263. The van der Waals surface area contributed by atoms with E-state index in [4.69, 9.17) is 14.2 Å². The van der Waals surface area contributed by atoms with E-state index in [-0.39, 0.29) is 6.79 Å². The summed E-state index contributed by atoms with van der Waals surface area (Å²) in [5, 5.41) is 3.51. The van der Waals surface area contributed by atoms with E-state index in [1.165, 1.54) is 0 Å². The lowest BCUT2D eigenvalue weighted by Crippen LogP contribution is -2.41. The van der Waals surface area contributed by atoms with Crippen molar-refractivity contribution < 1.29 is 14.2 Å². The van der Waals surface area contributed by atoms with E-state index in [1.54, 1.807) is 7.11 Å². The third-order valence-electron chi connectivity index (χ3n) is 3.83. The second kappa shape index (κ2) is 7.00. The maximum Gasteiger partial charge on any atom is 0.231 e. The third kappa shape index (κ3) is 3.80. The molecule has 0 saturated heterocycles. The van der Waals surface area contributed by atoms with E-state index in [2.05, 4.69) is 38.2 Å². The average Bonchev–Trinajstić information content (AvgIpc) is 2.90. The Kier molecular flexibility index (Phi) is 5.31. The molecule has 0 saturated carbocycles. The Morgan fingerprint density at radius 2 is 2.05 bits per heavy atom. The zero-order chi connectivity index (χ0) is 15.4. The van der Waals surface area contributed by atoms with Crippen LogP contribution in [0.5, 0.6) is 17.2 Å². The summed E-state index contributed by atoms with van der Waals surface area (Å²) in [5.41, 5.74) is 1.14. The minimum atomic E-state index is 0.263. The van der Waals surface area contributed by atoms with Gasteiger partial charge < -0.3 is 24.4 Å². The molecule has 0 spiro atoms. The summed E-state index contributed by atoms with van der Waals surface area (Å²) in [6.07, 6.45) is 0. The van der Waals surface area contributed by atoms with Gasteiger partial charge in [-0.25, -0.2) is 0 Å². The van der Waals surface area contributed by atoms with Crippen molar-refractivity contribution in [2.75, 3.05) is 34.5 Å². The van der Waals surface area contributed by atoms with Crippen LogP contribution in [0.1, 0.15) is 19.4 Å². The van der Waals surface area contributed by atoms with Crippen LogP contribution in [-0.2, 0) is 6.54 Å². The first-order chi connectivity index (χ1) is 10.0. The largest absolute Gasteiger partial charge is 0.493 e. The lowest BCUT2D eigenvalue weighted by Gasteiger charge is -2.28. The van der Waals surface area contributed by atoms with Gasteiger partial charge in [-0.1, -0.05) is 13.8 Å². The summed E-state index contributed by atoms with van der Waals surface area (Å²) in [5.74, 6) is 2.81. The van der Waals surface area contributed by atoms with Crippen LogP contribution in [0.4, 0.5) is 0 Å². The molecule has 1 aliphatic rings. The third-order valence-corrected chi connectivity index (χ3v) is 3.83. The van der Waals surface area contributed by atoms with Crippen LogP contribution < -0.4 is 19.5 Å². The van der Waals surface area contributed by atoms with Gasteiger partial charge in [-0.05, 0) is 37.7 Å². The number of hydrogen-bond acceptors (Lipinski definition) is 5. The number of nitrogens with one attached hydrogen (secondary N) is 1. The van der Waals surface area contributed by atoms with Crippen molar-refractivity contribution in [2.24, 2.45) is 5.92 Å². The molecule has 118 valence electrons. The van der Waals surface area contributed by atoms with Gasteiger partial charge in [-0.15, -0.1) is 0 Å². The van der Waals surface area contributed by atoms with Gasteiger partial charge in [0.05, 0.1) is 7.11 Å². The predicted octanol–water partition coefficient (Wildman–Crippen LogP) is 2.10. The smallest absolute Gasteiger partial charge is 0.231 e. The molecule has 1 unspecified atom stereocenters. The molecule has 1 aromatic rings. The minimum Gasteiger partial charge on any atom is -0.493 e. The van der Waals surface area contributed by atoms with Crippen molar-refractivity contribution >= 4 is 0 Å². The van der Waals surface area contributed by atoms with E-state index in [0.717, 1.165) is 30.2 Å². The molecule has 0 amide bonds. The first kappa shape index (κ1) is 15.9. The van der Waals surface area contributed by atoms with Gasteiger partial charge in [-0.2, -0.15) is 0 Å². The Hall–Kier alpha value is -1.46. The highest BCUT2D eigenvalue weighted by Gasteiger charge is 2.20. The number of hydrogen-bond donors (Lipinski definition) is 1. The summed E-state index contributed by atoms with van der Waals surface area (Å²) in [6.45, 7) is 6.48. The lowest BCUT2D eigenvalue weighted by atomic mass is 10.0. The molecule has 2 rings (SSSR count). The molecular weight excluding hydrogens is 268 g/mol. The molecule has 21 heavy (non-hydrogen) atoms. The average molecular weight is 294 g/mol. The summed E-state index contributed by atoms with van der Waals surface area (Å²) < 4.78 is 16.2. The molecule has 0 aliphatic carbocycles. The fourth-order valence-electron chi connectivity index (χ4n) is 2.66. The maximum atomic E-state index is 5.45. The standard InChI is InChI=1S/C16H26N2O3/c1-11(2)13(18(3)4)9-17-8-12-6-14(19-5)16-15(7-12)20-10-21-16/h6-7,11,13,17H,8-10H2,1-5H3. The second-order valence-electron chi connectivity index (χ2n) is 5.94. The summed E-state index contributed by atoms with van der Waals surface area (Å²) >= 11 is 0. The van der Waals surface area contributed by atoms with Crippen LogP contribution in [0.25, 0.3) is 0 Å². The van der Waals surface area contributed by atoms with Gasteiger partial charge in [0, 0.05) is 19.1 Å². The Bertz CT molecular complexity index is 467. The quantitative estimate of drug-likeness (QED) is 0.834. The summed E-state index contributed by atoms with van der Waals surface area (Å²) in [7, 11) is 5.89. The molecule has 1 aliphatic heterocycles. The SMILES string of the molecule is COc1cc(CNCC(C(C)C)N(C)C)cc2c1OCO2.